The second kappa shape index (κ2) is 6.56. The van der Waals surface area contributed by atoms with Gasteiger partial charge in [0.05, 0.1) is 5.54 Å². The van der Waals surface area contributed by atoms with Crippen molar-refractivity contribution in [3.05, 3.63) is 35.6 Å². The van der Waals surface area contributed by atoms with E-state index >= 15 is 0 Å². The van der Waals surface area contributed by atoms with Crippen LogP contribution in [0.2, 0.25) is 0 Å². The van der Waals surface area contributed by atoms with Crippen LogP contribution in [0, 0.1) is 11.7 Å². The molecule has 0 spiro atoms. The molecule has 2 unspecified atom stereocenters. The van der Waals surface area contributed by atoms with E-state index in [0.29, 0.717) is 19.0 Å². The maximum absolute atomic E-state index is 13.3. The van der Waals surface area contributed by atoms with E-state index in [4.69, 9.17) is 5.73 Å². The maximum atomic E-state index is 13.3. The topological polar surface area (TPSA) is 46.3 Å². The summed E-state index contributed by atoms with van der Waals surface area (Å²) in [6.45, 7) is 5.09. The Balaban J connectivity index is 2.11. The van der Waals surface area contributed by atoms with Crippen molar-refractivity contribution in [2.75, 3.05) is 6.54 Å². The van der Waals surface area contributed by atoms with Crippen molar-refractivity contribution in [3.8, 4) is 0 Å². The molecular weight excluding hydrogens is 267 g/mol. The standard InChI is InChI=1S/C17H25FN2O/c1-3-20(12-14-7-4-8-15(18)10-14)16(21)17(19)9-5-6-13(2)11-17/h4,7-8,10,13H,3,5-6,9,11-12,19H2,1-2H3. The molecule has 0 aromatic heterocycles. The Morgan fingerprint density at radius 1 is 1.52 bits per heavy atom. The first-order valence-electron chi connectivity index (χ1n) is 7.77. The first kappa shape index (κ1) is 16.0. The lowest BCUT2D eigenvalue weighted by Gasteiger charge is -2.39. The summed E-state index contributed by atoms with van der Waals surface area (Å²) in [5.41, 5.74) is 6.44. The number of carbonyl (C=O) groups excluding carboxylic acids is 1. The van der Waals surface area contributed by atoms with Gasteiger partial charge in [-0.25, -0.2) is 4.39 Å². The lowest BCUT2D eigenvalue weighted by atomic mass is 9.76. The predicted molar refractivity (Wildman–Crippen MR) is 82.0 cm³/mol. The molecule has 1 fully saturated rings. The first-order chi connectivity index (χ1) is 9.94. The quantitative estimate of drug-likeness (QED) is 0.927. The molecule has 116 valence electrons. The molecule has 1 aromatic rings. The molecule has 0 heterocycles. The third-order valence-electron chi connectivity index (χ3n) is 4.39. The van der Waals surface area contributed by atoms with Gasteiger partial charge in [0.2, 0.25) is 5.91 Å². The van der Waals surface area contributed by atoms with E-state index in [1.54, 1.807) is 11.0 Å². The summed E-state index contributed by atoms with van der Waals surface area (Å²) in [5.74, 6) is 0.214. The summed E-state index contributed by atoms with van der Waals surface area (Å²) in [4.78, 5) is 14.5. The van der Waals surface area contributed by atoms with Crippen LogP contribution in [0.3, 0.4) is 0 Å². The minimum atomic E-state index is -0.749. The lowest BCUT2D eigenvalue weighted by Crippen LogP contribution is -2.57. The fourth-order valence-electron chi connectivity index (χ4n) is 3.28. The van der Waals surface area contributed by atoms with Gasteiger partial charge in [-0.3, -0.25) is 4.79 Å². The molecule has 0 bridgehead atoms. The summed E-state index contributed by atoms with van der Waals surface area (Å²) in [7, 11) is 0. The average Bonchev–Trinajstić information content (AvgIpc) is 2.44. The van der Waals surface area contributed by atoms with Crippen molar-refractivity contribution in [1.29, 1.82) is 0 Å². The number of amides is 1. The molecule has 1 amide bonds. The van der Waals surface area contributed by atoms with E-state index < -0.39 is 5.54 Å². The Hall–Kier alpha value is -1.42. The number of carbonyl (C=O) groups is 1. The van der Waals surface area contributed by atoms with Crippen LogP contribution in [0.5, 0.6) is 0 Å². The van der Waals surface area contributed by atoms with E-state index in [9.17, 15) is 9.18 Å². The van der Waals surface area contributed by atoms with Crippen molar-refractivity contribution in [3.63, 3.8) is 0 Å². The van der Waals surface area contributed by atoms with Gasteiger partial charge in [0.15, 0.2) is 0 Å². The van der Waals surface area contributed by atoms with Gasteiger partial charge in [-0.05, 0) is 43.4 Å². The summed E-state index contributed by atoms with van der Waals surface area (Å²) < 4.78 is 13.3. The number of rotatable bonds is 4. The van der Waals surface area contributed by atoms with Crippen molar-refractivity contribution in [1.82, 2.24) is 4.90 Å². The minimum absolute atomic E-state index is 0.000751. The smallest absolute Gasteiger partial charge is 0.242 e. The van der Waals surface area contributed by atoms with Gasteiger partial charge < -0.3 is 10.6 Å². The predicted octanol–water partition coefficient (Wildman–Crippen LogP) is 3.08. The Bertz CT molecular complexity index is 505. The molecule has 4 heteroatoms. The molecule has 3 nitrogen and oxygen atoms in total. The molecule has 0 radical (unpaired) electrons. The van der Waals surface area contributed by atoms with E-state index in [0.717, 1.165) is 31.2 Å². The highest BCUT2D eigenvalue weighted by atomic mass is 19.1. The fourth-order valence-corrected chi connectivity index (χ4v) is 3.28. The van der Waals surface area contributed by atoms with E-state index in [-0.39, 0.29) is 11.7 Å². The number of nitrogens with zero attached hydrogens (tertiary/aromatic N) is 1. The Morgan fingerprint density at radius 2 is 2.29 bits per heavy atom. The normalized spacial score (nSPS) is 25.6. The molecule has 1 aromatic carbocycles. The number of nitrogens with two attached hydrogens (primary N) is 1. The van der Waals surface area contributed by atoms with Crippen LogP contribution in [0.25, 0.3) is 0 Å². The molecule has 1 aliphatic rings. The van der Waals surface area contributed by atoms with Crippen LogP contribution in [-0.4, -0.2) is 22.9 Å². The summed E-state index contributed by atoms with van der Waals surface area (Å²) in [6, 6.07) is 6.40. The molecule has 2 N–H and O–H groups in total. The Labute approximate surface area is 126 Å². The number of hydrogen-bond acceptors (Lipinski definition) is 2. The number of benzene rings is 1. The molecule has 21 heavy (non-hydrogen) atoms. The van der Waals surface area contributed by atoms with Crippen LogP contribution in [-0.2, 0) is 11.3 Å². The van der Waals surface area contributed by atoms with E-state index in [2.05, 4.69) is 6.92 Å². The minimum Gasteiger partial charge on any atom is -0.337 e. The lowest BCUT2D eigenvalue weighted by molar-refractivity contribution is -0.139. The summed E-state index contributed by atoms with van der Waals surface area (Å²) in [6.07, 6.45) is 3.63. The van der Waals surface area contributed by atoms with E-state index in [1.165, 1.54) is 12.1 Å². The molecule has 1 aliphatic carbocycles. The highest BCUT2D eigenvalue weighted by Gasteiger charge is 2.40. The monoisotopic (exact) mass is 292 g/mol. The zero-order valence-electron chi connectivity index (χ0n) is 12.9. The van der Waals surface area contributed by atoms with Crippen LogP contribution in [0.1, 0.15) is 45.1 Å². The number of hydrogen-bond donors (Lipinski definition) is 1. The SMILES string of the molecule is CCN(Cc1cccc(F)c1)C(=O)C1(N)CCCC(C)C1. The largest absolute Gasteiger partial charge is 0.337 e. The third-order valence-corrected chi connectivity index (χ3v) is 4.39. The molecule has 0 aliphatic heterocycles. The zero-order chi connectivity index (χ0) is 15.5. The zero-order valence-corrected chi connectivity index (χ0v) is 12.9. The molecule has 2 rings (SSSR count). The van der Waals surface area contributed by atoms with Crippen LogP contribution < -0.4 is 5.73 Å². The number of halogens is 1. The maximum Gasteiger partial charge on any atom is 0.242 e. The van der Waals surface area contributed by atoms with Gasteiger partial charge in [0, 0.05) is 13.1 Å². The highest BCUT2D eigenvalue weighted by Crippen LogP contribution is 2.32. The van der Waals surface area contributed by atoms with E-state index in [1.807, 2.05) is 13.0 Å². The Morgan fingerprint density at radius 3 is 2.90 bits per heavy atom. The van der Waals surface area contributed by atoms with Crippen molar-refractivity contribution in [2.24, 2.45) is 11.7 Å². The second-order valence-corrected chi connectivity index (χ2v) is 6.31. The molecule has 0 saturated heterocycles. The Kier molecular flexibility index (Phi) is 4.99. The van der Waals surface area contributed by atoms with Crippen LogP contribution >= 0.6 is 0 Å². The molecular formula is C17H25FN2O. The summed E-state index contributed by atoms with van der Waals surface area (Å²) >= 11 is 0. The highest BCUT2D eigenvalue weighted by molar-refractivity contribution is 5.86. The third kappa shape index (κ3) is 3.82. The fraction of sp³-hybridized carbons (Fsp3) is 0.588. The van der Waals surface area contributed by atoms with Gasteiger partial charge in [0.1, 0.15) is 5.82 Å². The van der Waals surface area contributed by atoms with Gasteiger partial charge >= 0.3 is 0 Å². The van der Waals surface area contributed by atoms with Crippen molar-refractivity contribution in [2.45, 2.75) is 51.6 Å². The molecule has 1 saturated carbocycles. The molecule has 2 atom stereocenters. The van der Waals surface area contributed by atoms with Gasteiger partial charge in [-0.2, -0.15) is 0 Å². The second-order valence-electron chi connectivity index (χ2n) is 6.31. The summed E-state index contributed by atoms with van der Waals surface area (Å²) in [5, 5.41) is 0. The first-order valence-corrected chi connectivity index (χ1v) is 7.77. The van der Waals surface area contributed by atoms with Gasteiger partial charge in [-0.15, -0.1) is 0 Å². The van der Waals surface area contributed by atoms with Crippen LogP contribution in [0.4, 0.5) is 4.39 Å². The van der Waals surface area contributed by atoms with Crippen molar-refractivity contribution >= 4 is 5.91 Å². The average molecular weight is 292 g/mol. The van der Waals surface area contributed by atoms with Gasteiger partial charge in [-0.1, -0.05) is 31.9 Å². The number of likely N-dealkylation sites (N-methyl/N-ethyl adjacent to an activating group) is 1. The van der Waals surface area contributed by atoms with Gasteiger partial charge in [0.25, 0.3) is 0 Å². The van der Waals surface area contributed by atoms with Crippen LogP contribution in [0.15, 0.2) is 24.3 Å². The van der Waals surface area contributed by atoms with Crippen molar-refractivity contribution < 1.29 is 9.18 Å².